The van der Waals surface area contributed by atoms with E-state index in [4.69, 9.17) is 14.4 Å². The van der Waals surface area contributed by atoms with E-state index in [1.165, 1.54) is 0 Å². The second-order valence-corrected chi connectivity index (χ2v) is 9.52. The van der Waals surface area contributed by atoms with Gasteiger partial charge in [-0.1, -0.05) is 56.0 Å². The highest BCUT2D eigenvalue weighted by molar-refractivity contribution is 7.47. The van der Waals surface area contributed by atoms with Crippen LogP contribution in [0, 0.1) is 11.8 Å². The van der Waals surface area contributed by atoms with Crippen molar-refractivity contribution < 1.29 is 39.0 Å². The summed E-state index contributed by atoms with van der Waals surface area (Å²) in [5.41, 5.74) is 3.35. The van der Waals surface area contributed by atoms with Crippen molar-refractivity contribution in [3.8, 4) is 11.8 Å². The summed E-state index contributed by atoms with van der Waals surface area (Å²) >= 11 is 0. The van der Waals surface area contributed by atoms with Gasteiger partial charge in [-0.15, -0.1) is 0 Å². The van der Waals surface area contributed by atoms with Gasteiger partial charge < -0.3 is 24.6 Å². The lowest BCUT2D eigenvalue weighted by atomic mass is 10.0. The molecule has 0 radical (unpaired) electrons. The molecule has 2 N–H and O–H groups in total. The van der Waals surface area contributed by atoms with Crippen molar-refractivity contribution in [3.05, 3.63) is 65.2 Å². The van der Waals surface area contributed by atoms with Crippen LogP contribution in [0.1, 0.15) is 44.8 Å². The molecular formula is C28H39N2O8P. The lowest BCUT2D eigenvalue weighted by Crippen LogP contribution is -2.34. The molecule has 2 amide bonds. The predicted octanol–water partition coefficient (Wildman–Crippen LogP) is 3.90. The third kappa shape index (κ3) is 11.3. The van der Waals surface area contributed by atoms with Gasteiger partial charge in [0.1, 0.15) is 0 Å². The number of carbonyl (C=O) groups is 2. The van der Waals surface area contributed by atoms with Gasteiger partial charge in [-0.05, 0) is 23.8 Å². The van der Waals surface area contributed by atoms with E-state index in [0.29, 0.717) is 13.1 Å². The molecule has 1 aliphatic rings. The topological polar surface area (TPSA) is 124 Å². The molecule has 1 aliphatic heterocycles. The second-order valence-electron chi connectivity index (χ2n) is 7.96. The number of rotatable bonds is 14. The zero-order chi connectivity index (χ0) is 28.5. The SMILES string of the molecule is CC.COP(=O)(O)OCCOCCOCCNC(=O)CCC(=O)N1Cc2ccccc2C#Cc2ccccc21.[HH]. The second kappa shape index (κ2) is 17.5. The van der Waals surface area contributed by atoms with Crippen LogP contribution >= 0.6 is 7.82 Å². The number of phosphoric acid groups is 1. The molecule has 1 heterocycles. The van der Waals surface area contributed by atoms with Crippen molar-refractivity contribution in [2.75, 3.05) is 51.6 Å². The first kappa shape index (κ1) is 32.2. The van der Waals surface area contributed by atoms with E-state index in [0.717, 1.165) is 29.5 Å². The first-order chi connectivity index (χ1) is 18.9. The number of hydrogen-bond donors (Lipinski definition) is 2. The highest BCUT2D eigenvalue weighted by Gasteiger charge is 2.21. The highest BCUT2D eigenvalue weighted by atomic mass is 31.2. The van der Waals surface area contributed by atoms with E-state index in [-0.39, 0.29) is 59.1 Å². The average molecular weight is 563 g/mol. The fourth-order valence-corrected chi connectivity index (χ4v) is 3.91. The fraction of sp³-hybridized carbons (Fsp3) is 0.429. The Morgan fingerprint density at radius 1 is 0.949 bits per heavy atom. The van der Waals surface area contributed by atoms with Gasteiger partial charge in [0.2, 0.25) is 11.8 Å². The number of benzene rings is 2. The molecule has 3 rings (SSSR count). The van der Waals surface area contributed by atoms with Gasteiger partial charge >= 0.3 is 7.82 Å². The number of fused-ring (bicyclic) bond motifs is 2. The molecule has 11 heteroatoms. The van der Waals surface area contributed by atoms with Gasteiger partial charge in [-0.2, -0.15) is 0 Å². The zero-order valence-corrected chi connectivity index (χ0v) is 23.6. The minimum atomic E-state index is -3.99. The summed E-state index contributed by atoms with van der Waals surface area (Å²) in [7, 11) is -2.90. The number of para-hydroxylation sites is 1. The Bertz CT molecular complexity index is 1180. The van der Waals surface area contributed by atoms with E-state index in [2.05, 4.69) is 26.2 Å². The molecule has 0 saturated carbocycles. The molecule has 2 aromatic rings. The van der Waals surface area contributed by atoms with Crippen molar-refractivity contribution in [3.63, 3.8) is 0 Å². The Morgan fingerprint density at radius 3 is 2.31 bits per heavy atom. The number of amides is 2. The van der Waals surface area contributed by atoms with E-state index < -0.39 is 7.82 Å². The van der Waals surface area contributed by atoms with Crippen LogP contribution in [0.3, 0.4) is 0 Å². The Hall–Kier alpha value is -3.03. The Labute approximate surface area is 231 Å². The molecule has 0 bridgehead atoms. The minimum Gasteiger partial charge on any atom is -0.377 e. The van der Waals surface area contributed by atoms with E-state index in [1.807, 2.05) is 62.4 Å². The highest BCUT2D eigenvalue weighted by Crippen LogP contribution is 2.41. The van der Waals surface area contributed by atoms with Gasteiger partial charge in [0.25, 0.3) is 0 Å². The van der Waals surface area contributed by atoms with Gasteiger partial charge in [-0.3, -0.25) is 18.6 Å². The van der Waals surface area contributed by atoms with Gasteiger partial charge in [0, 0.05) is 39.0 Å². The molecule has 214 valence electrons. The summed E-state index contributed by atoms with van der Waals surface area (Å²) in [5.74, 6) is 5.96. The molecule has 0 saturated heterocycles. The number of nitrogens with zero attached hydrogens (tertiary/aromatic N) is 1. The van der Waals surface area contributed by atoms with Crippen molar-refractivity contribution in [1.29, 1.82) is 0 Å². The molecule has 1 atom stereocenters. The Balaban J connectivity index is 0.00000261. The van der Waals surface area contributed by atoms with E-state index >= 15 is 0 Å². The number of ether oxygens (including phenoxy) is 2. The third-order valence-corrected chi connectivity index (χ3v) is 6.36. The van der Waals surface area contributed by atoms with Crippen LogP contribution in [-0.2, 0) is 39.2 Å². The first-order valence-corrected chi connectivity index (χ1v) is 14.3. The molecule has 10 nitrogen and oxygen atoms in total. The summed E-state index contributed by atoms with van der Waals surface area (Å²) in [6, 6.07) is 15.2. The molecule has 0 aromatic heterocycles. The first-order valence-electron chi connectivity index (χ1n) is 12.8. The maximum Gasteiger partial charge on any atom is 0.471 e. The van der Waals surface area contributed by atoms with Crippen LogP contribution in [0.2, 0.25) is 0 Å². The van der Waals surface area contributed by atoms with E-state index in [1.54, 1.807) is 4.90 Å². The van der Waals surface area contributed by atoms with Crippen molar-refractivity contribution in [1.82, 2.24) is 5.32 Å². The van der Waals surface area contributed by atoms with Crippen LogP contribution in [0.15, 0.2) is 48.5 Å². The molecule has 0 fully saturated rings. The third-order valence-electron chi connectivity index (χ3n) is 5.39. The maximum absolute atomic E-state index is 13.1. The van der Waals surface area contributed by atoms with Crippen LogP contribution in [0.5, 0.6) is 0 Å². The lowest BCUT2D eigenvalue weighted by molar-refractivity contribution is -0.125. The smallest absolute Gasteiger partial charge is 0.377 e. The molecule has 0 spiro atoms. The van der Waals surface area contributed by atoms with Crippen molar-refractivity contribution in [2.24, 2.45) is 0 Å². The summed E-state index contributed by atoms with van der Waals surface area (Å²) in [5, 5.41) is 2.74. The fourth-order valence-electron chi connectivity index (χ4n) is 3.50. The quantitative estimate of drug-likeness (QED) is 0.202. The number of carbonyl (C=O) groups excluding carboxylic acids is 2. The summed E-state index contributed by atoms with van der Waals surface area (Å²) in [6.45, 7) is 5.54. The summed E-state index contributed by atoms with van der Waals surface area (Å²) < 4.78 is 30.6. The number of hydrogen-bond acceptors (Lipinski definition) is 7. The van der Waals surface area contributed by atoms with Crippen LogP contribution in [-0.4, -0.2) is 63.4 Å². The number of phosphoric ester groups is 1. The maximum atomic E-state index is 13.1. The van der Waals surface area contributed by atoms with Crippen LogP contribution < -0.4 is 10.2 Å². The van der Waals surface area contributed by atoms with Crippen LogP contribution in [0.25, 0.3) is 0 Å². The standard InChI is InChI=1S/C26H31N2O8P.C2H6.H2/c1-33-37(31,32)36-19-18-35-17-16-34-15-14-27-25(29)12-13-26(30)28-20-23-8-3-2-6-21(23)10-11-22-7-4-5-9-24(22)28;1-2;/h2-9H,12-20H2,1H3,(H,27,29)(H,31,32);1-2H3;1H. The largest absolute Gasteiger partial charge is 0.471 e. The lowest BCUT2D eigenvalue weighted by Gasteiger charge is -2.26. The Kier molecular flexibility index (Phi) is 14.5. The predicted molar refractivity (Wildman–Crippen MR) is 150 cm³/mol. The summed E-state index contributed by atoms with van der Waals surface area (Å²) in [4.78, 5) is 36.2. The normalized spacial score (nSPS) is 13.2. The molecule has 2 aromatic carbocycles. The molecule has 39 heavy (non-hydrogen) atoms. The Morgan fingerprint density at radius 2 is 1.56 bits per heavy atom. The number of anilines is 1. The minimum absolute atomic E-state index is 0. The summed E-state index contributed by atoms with van der Waals surface area (Å²) in [6.07, 6.45) is 0.125. The molecular weight excluding hydrogens is 523 g/mol. The van der Waals surface area contributed by atoms with Crippen molar-refractivity contribution >= 4 is 25.3 Å². The van der Waals surface area contributed by atoms with Gasteiger partial charge in [0.05, 0.1) is 45.3 Å². The number of nitrogens with one attached hydrogen (secondary N) is 1. The average Bonchev–Trinajstić information content (AvgIpc) is 2.95. The monoisotopic (exact) mass is 562 g/mol. The van der Waals surface area contributed by atoms with E-state index in [9.17, 15) is 14.2 Å². The van der Waals surface area contributed by atoms with Gasteiger partial charge in [-0.25, -0.2) is 4.57 Å². The van der Waals surface area contributed by atoms with Crippen molar-refractivity contribution in [2.45, 2.75) is 33.2 Å². The van der Waals surface area contributed by atoms with Gasteiger partial charge in [0.15, 0.2) is 0 Å². The van der Waals surface area contributed by atoms with Crippen LogP contribution in [0.4, 0.5) is 5.69 Å². The zero-order valence-electron chi connectivity index (χ0n) is 22.7. The molecule has 1 unspecified atom stereocenters. The molecule has 0 aliphatic carbocycles.